The SMILES string of the molecule is [2H]C([2H])=CC=CC[C@@H](C)C(O)[C@H]1C(=O)CCCCCCCCCCN1C. The van der Waals surface area contributed by atoms with Gasteiger partial charge in [-0.25, -0.2) is 0 Å². The number of likely N-dealkylation sites (N-methyl/N-ethyl adjacent to an activating group) is 1. The van der Waals surface area contributed by atoms with E-state index in [9.17, 15) is 9.90 Å². The van der Waals surface area contributed by atoms with Gasteiger partial charge in [0.1, 0.15) is 0 Å². The lowest BCUT2D eigenvalue weighted by Crippen LogP contribution is -2.49. The highest BCUT2D eigenvalue weighted by Gasteiger charge is 2.32. The number of nitrogens with zero attached hydrogens (tertiary/aromatic N) is 1. The molecule has 1 saturated heterocycles. The van der Waals surface area contributed by atoms with Crippen molar-refractivity contribution in [2.24, 2.45) is 5.92 Å². The van der Waals surface area contributed by atoms with Crippen LogP contribution in [0.25, 0.3) is 0 Å². The van der Waals surface area contributed by atoms with Crippen LogP contribution in [0.4, 0.5) is 0 Å². The Labute approximate surface area is 151 Å². The number of carbonyl (C=O) groups excluding carboxylic acids is 1. The van der Waals surface area contributed by atoms with E-state index >= 15 is 0 Å². The zero-order valence-electron chi connectivity index (χ0n) is 17.5. The van der Waals surface area contributed by atoms with Crippen LogP contribution in [0.3, 0.4) is 0 Å². The van der Waals surface area contributed by atoms with Crippen LogP contribution in [0.15, 0.2) is 24.8 Å². The van der Waals surface area contributed by atoms with Gasteiger partial charge < -0.3 is 5.11 Å². The van der Waals surface area contributed by atoms with E-state index in [1.165, 1.54) is 38.2 Å². The van der Waals surface area contributed by atoms with Crippen molar-refractivity contribution in [3.05, 3.63) is 24.8 Å². The maximum Gasteiger partial charge on any atom is 0.152 e. The molecule has 0 aliphatic carbocycles. The number of carbonyl (C=O) groups is 1. The number of rotatable bonds is 5. The van der Waals surface area contributed by atoms with Crippen molar-refractivity contribution in [3.8, 4) is 0 Å². The van der Waals surface area contributed by atoms with Gasteiger partial charge in [-0.1, -0.05) is 70.2 Å². The van der Waals surface area contributed by atoms with Crippen LogP contribution in [0.5, 0.6) is 0 Å². The molecule has 0 radical (unpaired) electrons. The topological polar surface area (TPSA) is 40.5 Å². The first kappa shape index (κ1) is 17.9. The van der Waals surface area contributed by atoms with Gasteiger partial charge in [-0.2, -0.15) is 0 Å². The molecule has 1 fully saturated rings. The molecule has 1 unspecified atom stereocenters. The number of aliphatic hydroxyl groups excluding tert-OH is 1. The summed E-state index contributed by atoms with van der Waals surface area (Å²) >= 11 is 0. The molecule has 3 atom stereocenters. The summed E-state index contributed by atoms with van der Waals surface area (Å²) in [6.45, 7) is 2.57. The Bertz CT molecular complexity index is 461. The third-order valence-electron chi connectivity index (χ3n) is 5.14. The lowest BCUT2D eigenvalue weighted by Gasteiger charge is -2.33. The lowest BCUT2D eigenvalue weighted by atomic mass is 9.89. The molecule has 1 rings (SSSR count). The Kier molecular flexibility index (Phi) is 9.26. The summed E-state index contributed by atoms with van der Waals surface area (Å²) in [5.74, 6) is 0.112. The smallest absolute Gasteiger partial charge is 0.152 e. The van der Waals surface area contributed by atoms with Gasteiger partial charge >= 0.3 is 0 Å². The molecule has 24 heavy (non-hydrogen) atoms. The van der Waals surface area contributed by atoms with E-state index in [0.717, 1.165) is 25.8 Å². The number of Topliss-reactive ketones (excluding diaryl/α,β-unsaturated/α-hetero) is 1. The average Bonchev–Trinajstić information content (AvgIpc) is 2.60. The predicted molar refractivity (Wildman–Crippen MR) is 102 cm³/mol. The van der Waals surface area contributed by atoms with E-state index in [-0.39, 0.29) is 18.2 Å². The van der Waals surface area contributed by atoms with Gasteiger partial charge in [-0.15, -0.1) is 0 Å². The summed E-state index contributed by atoms with van der Waals surface area (Å²) in [6, 6.07) is -0.433. The number of hydrogen-bond acceptors (Lipinski definition) is 3. The minimum Gasteiger partial charge on any atom is -0.391 e. The van der Waals surface area contributed by atoms with Crippen molar-refractivity contribution in [1.29, 1.82) is 0 Å². The second-order valence-electron chi connectivity index (χ2n) is 7.27. The fraction of sp³-hybridized carbons (Fsp3) is 0.762. The van der Waals surface area contributed by atoms with Crippen LogP contribution in [-0.4, -0.2) is 41.5 Å². The number of allylic oxidation sites excluding steroid dienone is 3. The molecule has 1 aliphatic heterocycles. The first-order chi connectivity index (χ1) is 12.4. The number of ketones is 1. The maximum atomic E-state index is 12.8. The Morgan fingerprint density at radius 3 is 2.54 bits per heavy atom. The highest BCUT2D eigenvalue weighted by Crippen LogP contribution is 2.21. The largest absolute Gasteiger partial charge is 0.391 e. The molecule has 3 nitrogen and oxygen atoms in total. The Morgan fingerprint density at radius 1 is 1.25 bits per heavy atom. The summed E-state index contributed by atoms with van der Waals surface area (Å²) in [7, 11) is 1.96. The molecular weight excluding hydrogens is 298 g/mol. The van der Waals surface area contributed by atoms with Gasteiger partial charge in [0.05, 0.1) is 14.9 Å². The Morgan fingerprint density at radius 2 is 1.88 bits per heavy atom. The van der Waals surface area contributed by atoms with E-state index in [0.29, 0.717) is 12.8 Å². The zero-order valence-corrected chi connectivity index (χ0v) is 15.5. The summed E-state index contributed by atoms with van der Waals surface area (Å²) in [5, 5.41) is 10.9. The van der Waals surface area contributed by atoms with Crippen molar-refractivity contribution >= 4 is 5.78 Å². The van der Waals surface area contributed by atoms with Crippen molar-refractivity contribution in [3.63, 3.8) is 0 Å². The minimum absolute atomic E-state index is 0.0494. The molecule has 0 aromatic rings. The van der Waals surface area contributed by atoms with Crippen molar-refractivity contribution in [2.45, 2.75) is 83.3 Å². The fourth-order valence-electron chi connectivity index (χ4n) is 3.52. The van der Waals surface area contributed by atoms with Crippen molar-refractivity contribution in [2.75, 3.05) is 13.6 Å². The summed E-state index contributed by atoms with van der Waals surface area (Å²) in [5.41, 5.74) is 0. The molecule has 0 amide bonds. The molecule has 1 N–H and O–H groups in total. The molecule has 0 bridgehead atoms. The third-order valence-corrected chi connectivity index (χ3v) is 5.14. The molecule has 0 saturated carbocycles. The molecule has 0 spiro atoms. The van der Waals surface area contributed by atoms with Crippen LogP contribution in [0.2, 0.25) is 0 Å². The number of aliphatic hydroxyl groups is 1. The van der Waals surface area contributed by atoms with Crippen LogP contribution in [0.1, 0.15) is 73.9 Å². The van der Waals surface area contributed by atoms with E-state index in [4.69, 9.17) is 2.74 Å². The normalized spacial score (nSPS) is 26.5. The van der Waals surface area contributed by atoms with E-state index in [1.54, 1.807) is 6.08 Å². The van der Waals surface area contributed by atoms with Crippen LogP contribution in [0, 0.1) is 5.92 Å². The quantitative estimate of drug-likeness (QED) is 0.750. The summed E-state index contributed by atoms with van der Waals surface area (Å²) in [4.78, 5) is 14.9. The van der Waals surface area contributed by atoms with Gasteiger partial charge in [-0.05, 0) is 38.8 Å². The van der Waals surface area contributed by atoms with Gasteiger partial charge in [0, 0.05) is 6.42 Å². The average molecular weight is 338 g/mol. The van der Waals surface area contributed by atoms with E-state index < -0.39 is 12.1 Å². The second-order valence-corrected chi connectivity index (χ2v) is 7.27. The summed E-state index contributed by atoms with van der Waals surface area (Å²) in [6.07, 6.45) is 14.7. The highest BCUT2D eigenvalue weighted by atomic mass is 16.3. The van der Waals surface area contributed by atoms with E-state index in [1.807, 2.05) is 20.0 Å². The van der Waals surface area contributed by atoms with Gasteiger partial charge in [0.2, 0.25) is 0 Å². The van der Waals surface area contributed by atoms with Crippen molar-refractivity contribution in [1.82, 2.24) is 4.90 Å². The molecule has 138 valence electrons. The van der Waals surface area contributed by atoms with Gasteiger partial charge in [0.15, 0.2) is 5.78 Å². The number of hydrogen-bond donors (Lipinski definition) is 1. The Balaban J connectivity index is 2.73. The van der Waals surface area contributed by atoms with Crippen LogP contribution < -0.4 is 0 Å². The summed E-state index contributed by atoms with van der Waals surface area (Å²) < 4.78 is 14.1. The van der Waals surface area contributed by atoms with Gasteiger partial charge in [0.25, 0.3) is 0 Å². The third kappa shape index (κ3) is 7.76. The fourth-order valence-corrected chi connectivity index (χ4v) is 3.52. The highest BCUT2D eigenvalue weighted by molar-refractivity contribution is 5.84. The molecule has 3 heteroatoms. The molecular formula is C21H37NO2. The molecule has 1 heterocycles. The van der Waals surface area contributed by atoms with Crippen LogP contribution >= 0.6 is 0 Å². The first-order valence-electron chi connectivity index (χ1n) is 10.6. The van der Waals surface area contributed by atoms with Crippen LogP contribution in [-0.2, 0) is 4.79 Å². The molecule has 0 aromatic heterocycles. The minimum atomic E-state index is -0.697. The molecule has 0 aromatic carbocycles. The monoisotopic (exact) mass is 337 g/mol. The van der Waals surface area contributed by atoms with Crippen molar-refractivity contribution < 1.29 is 12.6 Å². The second kappa shape index (κ2) is 12.4. The Hall–Kier alpha value is -0.930. The molecule has 1 aliphatic rings. The maximum absolute atomic E-state index is 12.8. The lowest BCUT2D eigenvalue weighted by molar-refractivity contribution is -0.129. The van der Waals surface area contributed by atoms with E-state index in [2.05, 4.69) is 4.90 Å². The standard InChI is InChI=1S/C21H37NO2/c1-4-5-12-15-18(2)21(24)20-19(23)16-13-10-8-6-7-9-11-14-17-22(20)3/h4-5,12,18,20-21,24H,1,6-11,13-17H2,2-3H3/t18-,20-,21?/m1/s1/i1D2. The predicted octanol–water partition coefficient (Wildman–Crippen LogP) is 4.51. The zero-order chi connectivity index (χ0) is 19.4. The first-order valence-corrected chi connectivity index (χ1v) is 9.64. The van der Waals surface area contributed by atoms with Gasteiger partial charge in [-0.3, -0.25) is 9.69 Å².